The number of rotatable bonds is 9. The number of amides is 1. The number of aromatic nitrogens is 1. The van der Waals surface area contributed by atoms with Crippen molar-refractivity contribution < 1.29 is 9.53 Å². The molecule has 0 aliphatic rings. The summed E-state index contributed by atoms with van der Waals surface area (Å²) in [5.74, 6) is 1.05. The van der Waals surface area contributed by atoms with Gasteiger partial charge in [0.1, 0.15) is 17.4 Å². The molecule has 0 unspecified atom stereocenters. The van der Waals surface area contributed by atoms with E-state index in [0.29, 0.717) is 19.7 Å². The van der Waals surface area contributed by atoms with E-state index >= 15 is 0 Å². The first-order valence-corrected chi connectivity index (χ1v) is 10.2. The van der Waals surface area contributed by atoms with Gasteiger partial charge in [0, 0.05) is 24.4 Å². The van der Waals surface area contributed by atoms with Gasteiger partial charge in [-0.3, -0.25) is 4.79 Å². The maximum atomic E-state index is 12.5. The number of ether oxygens (including phenoxy) is 1. The van der Waals surface area contributed by atoms with Crippen LogP contribution in [0.25, 0.3) is 0 Å². The zero-order valence-electron chi connectivity index (χ0n) is 17.3. The summed E-state index contributed by atoms with van der Waals surface area (Å²) in [4.78, 5) is 21.2. The van der Waals surface area contributed by atoms with Crippen molar-refractivity contribution in [1.29, 1.82) is 0 Å². The number of thiazole rings is 1. The molecule has 27 heavy (non-hydrogen) atoms. The summed E-state index contributed by atoms with van der Waals surface area (Å²) in [6, 6.07) is 6.07. The number of aryl methyl sites for hydroxylation is 1. The van der Waals surface area contributed by atoms with Crippen molar-refractivity contribution in [3.8, 4) is 5.75 Å². The van der Waals surface area contributed by atoms with Gasteiger partial charge >= 0.3 is 0 Å². The lowest BCUT2D eigenvalue weighted by Gasteiger charge is -2.25. The second-order valence-electron chi connectivity index (χ2n) is 7.44. The van der Waals surface area contributed by atoms with Crippen molar-refractivity contribution in [1.82, 2.24) is 14.8 Å². The minimum absolute atomic E-state index is 0.0158. The highest BCUT2D eigenvalue weighted by Gasteiger charge is 2.18. The Kier molecular flexibility index (Phi) is 7.80. The summed E-state index contributed by atoms with van der Waals surface area (Å²) in [7, 11) is 4.03. The summed E-state index contributed by atoms with van der Waals surface area (Å²) in [5.41, 5.74) is 3.30. The Bertz CT molecular complexity index is 756. The van der Waals surface area contributed by atoms with Crippen LogP contribution in [-0.2, 0) is 17.9 Å². The molecule has 1 aromatic heterocycles. The molecule has 0 aliphatic heterocycles. The molecule has 1 aromatic carbocycles. The van der Waals surface area contributed by atoms with Crippen LogP contribution in [0.15, 0.2) is 23.6 Å². The first-order valence-electron chi connectivity index (χ1n) is 9.33. The molecular formula is C21H31N3O2S. The molecule has 0 saturated carbocycles. The number of benzene rings is 1. The van der Waals surface area contributed by atoms with Crippen molar-refractivity contribution in [2.75, 3.05) is 27.2 Å². The Labute approximate surface area is 167 Å². The largest absolute Gasteiger partial charge is 0.486 e. The van der Waals surface area contributed by atoms with Crippen LogP contribution in [0.4, 0.5) is 0 Å². The smallest absolute Gasteiger partial charge is 0.225 e. The lowest BCUT2D eigenvalue weighted by atomic mass is 10.1. The molecule has 0 fully saturated rings. The third-order valence-corrected chi connectivity index (χ3v) is 5.35. The second-order valence-corrected chi connectivity index (χ2v) is 8.38. The summed E-state index contributed by atoms with van der Waals surface area (Å²) in [6.45, 7) is 10.6. The van der Waals surface area contributed by atoms with E-state index in [1.807, 2.05) is 50.4 Å². The van der Waals surface area contributed by atoms with Crippen molar-refractivity contribution in [2.24, 2.45) is 5.92 Å². The van der Waals surface area contributed by atoms with E-state index in [-0.39, 0.29) is 11.8 Å². The number of carbonyl (C=O) groups excluding carboxylic acids is 1. The predicted molar refractivity (Wildman–Crippen MR) is 111 cm³/mol. The fourth-order valence-corrected chi connectivity index (χ4v) is 3.35. The zero-order valence-corrected chi connectivity index (χ0v) is 18.1. The maximum absolute atomic E-state index is 12.5. The van der Waals surface area contributed by atoms with Gasteiger partial charge < -0.3 is 14.5 Å². The van der Waals surface area contributed by atoms with Crippen LogP contribution < -0.4 is 4.74 Å². The molecule has 1 amide bonds. The highest BCUT2D eigenvalue weighted by Crippen LogP contribution is 2.22. The maximum Gasteiger partial charge on any atom is 0.225 e. The normalized spacial score (nSPS) is 11.3. The van der Waals surface area contributed by atoms with E-state index in [4.69, 9.17) is 4.74 Å². The number of carbonyl (C=O) groups is 1. The molecule has 0 aliphatic carbocycles. The molecule has 0 N–H and O–H groups in total. The molecule has 0 spiro atoms. The Morgan fingerprint density at radius 3 is 2.63 bits per heavy atom. The molecular weight excluding hydrogens is 358 g/mol. The molecule has 2 rings (SSSR count). The van der Waals surface area contributed by atoms with Gasteiger partial charge in [0.15, 0.2) is 0 Å². The Balaban J connectivity index is 2.00. The van der Waals surface area contributed by atoms with E-state index in [0.717, 1.165) is 28.6 Å². The molecule has 5 nitrogen and oxygen atoms in total. The first-order chi connectivity index (χ1) is 12.8. The van der Waals surface area contributed by atoms with Gasteiger partial charge in [-0.25, -0.2) is 4.98 Å². The first kappa shape index (κ1) is 21.4. The molecule has 148 valence electrons. The molecule has 1 heterocycles. The molecule has 2 aromatic rings. The van der Waals surface area contributed by atoms with E-state index < -0.39 is 0 Å². The van der Waals surface area contributed by atoms with Gasteiger partial charge in [-0.05, 0) is 45.1 Å². The van der Waals surface area contributed by atoms with Crippen LogP contribution in [0.1, 0.15) is 35.7 Å². The fourth-order valence-electron chi connectivity index (χ4n) is 2.66. The summed E-state index contributed by atoms with van der Waals surface area (Å²) in [5, 5.41) is 2.95. The van der Waals surface area contributed by atoms with Gasteiger partial charge in [-0.15, -0.1) is 11.3 Å². The lowest BCUT2D eigenvalue weighted by molar-refractivity contribution is -0.135. The van der Waals surface area contributed by atoms with Crippen LogP contribution in [0, 0.1) is 19.8 Å². The standard InChI is InChI=1S/C21H31N3O2S/c1-15(2)21(25)24(11-10-23(5)6)12-18-14-27-20(22-18)13-26-19-9-7-8-16(3)17(19)4/h7-9,14-15H,10-13H2,1-6H3. The SMILES string of the molecule is Cc1cccc(OCc2nc(CN(CCN(C)C)C(=O)C(C)C)cs2)c1C. The van der Waals surface area contributed by atoms with Crippen molar-refractivity contribution in [2.45, 2.75) is 40.8 Å². The van der Waals surface area contributed by atoms with E-state index in [1.54, 1.807) is 11.3 Å². The Morgan fingerprint density at radius 1 is 1.22 bits per heavy atom. The van der Waals surface area contributed by atoms with Gasteiger partial charge in [0.2, 0.25) is 5.91 Å². The molecule has 0 radical (unpaired) electrons. The average molecular weight is 390 g/mol. The fraction of sp³-hybridized carbons (Fsp3) is 0.524. The number of nitrogens with zero attached hydrogens (tertiary/aromatic N) is 3. The van der Waals surface area contributed by atoms with E-state index in [2.05, 4.69) is 29.8 Å². The molecule has 0 atom stereocenters. The number of hydrogen-bond acceptors (Lipinski definition) is 5. The van der Waals surface area contributed by atoms with Gasteiger partial charge in [-0.1, -0.05) is 26.0 Å². The third kappa shape index (κ3) is 6.33. The minimum Gasteiger partial charge on any atom is -0.486 e. The molecule has 0 bridgehead atoms. The lowest BCUT2D eigenvalue weighted by Crippen LogP contribution is -2.38. The van der Waals surface area contributed by atoms with Crippen molar-refractivity contribution in [3.05, 3.63) is 45.4 Å². The highest BCUT2D eigenvalue weighted by atomic mass is 32.1. The molecule has 0 saturated heterocycles. The number of likely N-dealkylation sites (N-methyl/N-ethyl adjacent to an activating group) is 1. The predicted octanol–water partition coefficient (Wildman–Crippen LogP) is 3.89. The number of hydrogen-bond donors (Lipinski definition) is 0. The van der Waals surface area contributed by atoms with Crippen molar-refractivity contribution in [3.63, 3.8) is 0 Å². The van der Waals surface area contributed by atoms with Gasteiger partial charge in [0.05, 0.1) is 12.2 Å². The zero-order chi connectivity index (χ0) is 20.0. The average Bonchev–Trinajstić information content (AvgIpc) is 3.06. The van der Waals surface area contributed by atoms with Crippen LogP contribution in [0.2, 0.25) is 0 Å². The van der Waals surface area contributed by atoms with Crippen LogP contribution in [0.5, 0.6) is 5.75 Å². The van der Waals surface area contributed by atoms with Crippen LogP contribution in [0.3, 0.4) is 0 Å². The summed E-state index contributed by atoms with van der Waals surface area (Å²) >= 11 is 1.58. The molecule has 6 heteroatoms. The summed E-state index contributed by atoms with van der Waals surface area (Å²) in [6.07, 6.45) is 0. The Hall–Kier alpha value is -1.92. The van der Waals surface area contributed by atoms with Crippen LogP contribution in [-0.4, -0.2) is 47.9 Å². The third-order valence-electron chi connectivity index (χ3n) is 4.48. The topological polar surface area (TPSA) is 45.7 Å². The van der Waals surface area contributed by atoms with Crippen molar-refractivity contribution >= 4 is 17.2 Å². The minimum atomic E-state index is -0.0158. The van der Waals surface area contributed by atoms with Crippen LogP contribution >= 0.6 is 11.3 Å². The van der Waals surface area contributed by atoms with Gasteiger partial charge in [-0.2, -0.15) is 0 Å². The highest BCUT2D eigenvalue weighted by molar-refractivity contribution is 7.09. The summed E-state index contributed by atoms with van der Waals surface area (Å²) < 4.78 is 5.95. The Morgan fingerprint density at radius 2 is 1.96 bits per heavy atom. The quantitative estimate of drug-likeness (QED) is 0.653. The van der Waals surface area contributed by atoms with E-state index in [1.165, 1.54) is 5.56 Å². The van der Waals surface area contributed by atoms with Gasteiger partial charge in [0.25, 0.3) is 0 Å². The van der Waals surface area contributed by atoms with E-state index in [9.17, 15) is 4.79 Å². The second kappa shape index (κ2) is 9.85. The monoisotopic (exact) mass is 389 g/mol.